The standard InChI is InChI=1S/C12H23NO/c1-9(2)10(3)12(14)13-11-7-5-4-6-8-11/h9-11H,4-8H2,1-3H3,(H,13,14). The fourth-order valence-corrected chi connectivity index (χ4v) is 1.88. The third-order valence-electron chi connectivity index (χ3n) is 3.37. The highest BCUT2D eigenvalue weighted by atomic mass is 16.1. The summed E-state index contributed by atoms with van der Waals surface area (Å²) in [5.41, 5.74) is 0. The second-order valence-electron chi connectivity index (χ2n) is 4.88. The lowest BCUT2D eigenvalue weighted by Crippen LogP contribution is -2.40. The molecule has 1 aliphatic rings. The van der Waals surface area contributed by atoms with E-state index in [0.29, 0.717) is 12.0 Å². The number of amides is 1. The van der Waals surface area contributed by atoms with Crippen LogP contribution < -0.4 is 5.32 Å². The van der Waals surface area contributed by atoms with Crippen LogP contribution in [0.25, 0.3) is 0 Å². The third kappa shape index (κ3) is 3.32. The summed E-state index contributed by atoms with van der Waals surface area (Å²) in [6.07, 6.45) is 6.25. The van der Waals surface area contributed by atoms with Gasteiger partial charge in [0.25, 0.3) is 0 Å². The van der Waals surface area contributed by atoms with E-state index in [1.807, 2.05) is 6.92 Å². The molecule has 1 N–H and O–H groups in total. The van der Waals surface area contributed by atoms with Crippen LogP contribution in [0.2, 0.25) is 0 Å². The fourth-order valence-electron chi connectivity index (χ4n) is 1.88. The average molecular weight is 197 g/mol. The maximum absolute atomic E-state index is 11.7. The number of carbonyl (C=O) groups is 1. The van der Waals surface area contributed by atoms with Gasteiger partial charge in [-0.15, -0.1) is 0 Å². The number of carbonyl (C=O) groups excluding carboxylic acids is 1. The van der Waals surface area contributed by atoms with Crippen LogP contribution in [0.1, 0.15) is 52.9 Å². The molecule has 1 saturated carbocycles. The molecule has 0 radical (unpaired) electrons. The Labute approximate surface area is 87.5 Å². The second-order valence-corrected chi connectivity index (χ2v) is 4.88. The summed E-state index contributed by atoms with van der Waals surface area (Å²) in [6, 6.07) is 0.456. The van der Waals surface area contributed by atoms with E-state index in [4.69, 9.17) is 0 Å². The van der Waals surface area contributed by atoms with E-state index in [1.165, 1.54) is 32.1 Å². The van der Waals surface area contributed by atoms with Crippen LogP contribution in [0.3, 0.4) is 0 Å². The van der Waals surface area contributed by atoms with E-state index in [2.05, 4.69) is 19.2 Å². The Morgan fingerprint density at radius 2 is 1.71 bits per heavy atom. The van der Waals surface area contributed by atoms with Gasteiger partial charge in [-0.25, -0.2) is 0 Å². The predicted molar refractivity (Wildman–Crippen MR) is 59.0 cm³/mol. The molecule has 0 aromatic rings. The van der Waals surface area contributed by atoms with E-state index < -0.39 is 0 Å². The van der Waals surface area contributed by atoms with Crippen molar-refractivity contribution in [1.29, 1.82) is 0 Å². The minimum atomic E-state index is 0.150. The lowest BCUT2D eigenvalue weighted by atomic mass is 9.93. The highest BCUT2D eigenvalue weighted by molar-refractivity contribution is 5.78. The van der Waals surface area contributed by atoms with Gasteiger partial charge in [-0.05, 0) is 18.8 Å². The van der Waals surface area contributed by atoms with Crippen molar-refractivity contribution in [1.82, 2.24) is 5.32 Å². The molecule has 14 heavy (non-hydrogen) atoms. The Morgan fingerprint density at radius 3 is 2.21 bits per heavy atom. The zero-order valence-electron chi connectivity index (χ0n) is 9.68. The maximum Gasteiger partial charge on any atom is 0.223 e. The van der Waals surface area contributed by atoms with Crippen LogP contribution >= 0.6 is 0 Å². The zero-order valence-corrected chi connectivity index (χ0v) is 9.68. The topological polar surface area (TPSA) is 29.1 Å². The molecule has 1 atom stereocenters. The lowest BCUT2D eigenvalue weighted by Gasteiger charge is -2.25. The van der Waals surface area contributed by atoms with Gasteiger partial charge in [0.2, 0.25) is 5.91 Å². The molecule has 0 spiro atoms. The largest absolute Gasteiger partial charge is 0.353 e. The zero-order chi connectivity index (χ0) is 10.6. The first-order chi connectivity index (χ1) is 6.61. The Balaban J connectivity index is 2.31. The van der Waals surface area contributed by atoms with Crippen molar-refractivity contribution in [2.75, 3.05) is 0 Å². The molecule has 1 amide bonds. The summed E-state index contributed by atoms with van der Waals surface area (Å²) >= 11 is 0. The minimum absolute atomic E-state index is 0.150. The molecule has 2 heteroatoms. The van der Waals surface area contributed by atoms with E-state index in [0.717, 1.165) is 0 Å². The molecule has 0 aromatic heterocycles. The molecular weight excluding hydrogens is 174 g/mol. The molecule has 0 saturated heterocycles. The smallest absolute Gasteiger partial charge is 0.223 e. The highest BCUT2D eigenvalue weighted by Crippen LogP contribution is 2.18. The monoisotopic (exact) mass is 197 g/mol. The van der Waals surface area contributed by atoms with Gasteiger partial charge in [0.1, 0.15) is 0 Å². The van der Waals surface area contributed by atoms with Gasteiger partial charge < -0.3 is 5.32 Å². The summed E-state index contributed by atoms with van der Waals surface area (Å²) in [7, 11) is 0. The minimum Gasteiger partial charge on any atom is -0.353 e. The predicted octanol–water partition coefficient (Wildman–Crippen LogP) is 2.73. The normalized spacial score (nSPS) is 20.9. The molecule has 82 valence electrons. The molecular formula is C12H23NO. The first-order valence-corrected chi connectivity index (χ1v) is 5.91. The third-order valence-corrected chi connectivity index (χ3v) is 3.37. The van der Waals surface area contributed by atoms with Gasteiger partial charge >= 0.3 is 0 Å². The number of nitrogens with one attached hydrogen (secondary N) is 1. The fraction of sp³-hybridized carbons (Fsp3) is 0.917. The first-order valence-electron chi connectivity index (χ1n) is 5.91. The van der Waals surface area contributed by atoms with Crippen LogP contribution in [0, 0.1) is 11.8 Å². The molecule has 1 fully saturated rings. The van der Waals surface area contributed by atoms with Crippen LogP contribution in [0.4, 0.5) is 0 Å². The Kier molecular flexibility index (Phi) is 4.43. The maximum atomic E-state index is 11.7. The van der Waals surface area contributed by atoms with Gasteiger partial charge in [-0.1, -0.05) is 40.0 Å². The molecule has 1 aliphatic carbocycles. The number of rotatable bonds is 3. The Morgan fingerprint density at radius 1 is 1.14 bits per heavy atom. The van der Waals surface area contributed by atoms with Crippen LogP contribution in [-0.4, -0.2) is 11.9 Å². The van der Waals surface area contributed by atoms with Crippen molar-refractivity contribution in [3.8, 4) is 0 Å². The Hall–Kier alpha value is -0.530. The quantitative estimate of drug-likeness (QED) is 0.740. The van der Waals surface area contributed by atoms with Crippen LogP contribution in [0.5, 0.6) is 0 Å². The highest BCUT2D eigenvalue weighted by Gasteiger charge is 2.21. The molecule has 1 unspecified atom stereocenters. The summed E-state index contributed by atoms with van der Waals surface area (Å²) in [5.74, 6) is 0.836. The van der Waals surface area contributed by atoms with Crippen LogP contribution in [0.15, 0.2) is 0 Å². The SMILES string of the molecule is CC(C)C(C)C(=O)NC1CCCCC1. The number of hydrogen-bond donors (Lipinski definition) is 1. The van der Waals surface area contributed by atoms with Crippen molar-refractivity contribution in [2.24, 2.45) is 11.8 Å². The van der Waals surface area contributed by atoms with Crippen molar-refractivity contribution in [3.63, 3.8) is 0 Å². The summed E-state index contributed by atoms with van der Waals surface area (Å²) in [4.78, 5) is 11.7. The van der Waals surface area contributed by atoms with Crippen molar-refractivity contribution < 1.29 is 4.79 Å². The molecule has 0 aromatic carbocycles. The van der Waals surface area contributed by atoms with Gasteiger partial charge in [0.05, 0.1) is 0 Å². The molecule has 0 heterocycles. The van der Waals surface area contributed by atoms with Crippen molar-refractivity contribution in [3.05, 3.63) is 0 Å². The van der Waals surface area contributed by atoms with E-state index in [9.17, 15) is 4.79 Å². The molecule has 1 rings (SSSR count). The summed E-state index contributed by atoms with van der Waals surface area (Å²) in [5, 5.41) is 3.16. The lowest BCUT2D eigenvalue weighted by molar-refractivity contribution is -0.126. The molecule has 2 nitrogen and oxygen atoms in total. The number of hydrogen-bond acceptors (Lipinski definition) is 1. The van der Waals surface area contributed by atoms with Gasteiger partial charge in [-0.2, -0.15) is 0 Å². The van der Waals surface area contributed by atoms with Gasteiger partial charge in [-0.3, -0.25) is 4.79 Å². The van der Waals surface area contributed by atoms with Gasteiger partial charge in [0, 0.05) is 12.0 Å². The molecule has 0 bridgehead atoms. The molecule has 0 aliphatic heterocycles. The van der Waals surface area contributed by atoms with E-state index in [-0.39, 0.29) is 11.8 Å². The first kappa shape index (κ1) is 11.5. The van der Waals surface area contributed by atoms with Crippen molar-refractivity contribution in [2.45, 2.75) is 58.9 Å². The average Bonchev–Trinajstić information content (AvgIpc) is 2.18. The van der Waals surface area contributed by atoms with Crippen LogP contribution in [-0.2, 0) is 4.79 Å². The second kappa shape index (κ2) is 5.38. The summed E-state index contributed by atoms with van der Waals surface area (Å²) < 4.78 is 0. The summed E-state index contributed by atoms with van der Waals surface area (Å²) in [6.45, 7) is 6.22. The Bertz CT molecular complexity index is 183. The van der Waals surface area contributed by atoms with E-state index in [1.54, 1.807) is 0 Å². The van der Waals surface area contributed by atoms with E-state index >= 15 is 0 Å². The van der Waals surface area contributed by atoms with Crippen molar-refractivity contribution >= 4 is 5.91 Å². The van der Waals surface area contributed by atoms with Gasteiger partial charge in [0.15, 0.2) is 0 Å².